The highest BCUT2D eigenvalue weighted by Crippen LogP contribution is 2.30. The van der Waals surface area contributed by atoms with E-state index in [9.17, 15) is 9.59 Å². The number of carboxylic acid groups (broad SMARTS) is 1. The molecule has 90 valence electrons. The molecule has 16 heavy (non-hydrogen) atoms. The van der Waals surface area contributed by atoms with Gasteiger partial charge in [0.05, 0.1) is 5.92 Å². The molecule has 0 aromatic heterocycles. The molecule has 1 amide bonds. The van der Waals surface area contributed by atoms with Crippen molar-refractivity contribution in [2.24, 2.45) is 5.92 Å². The third-order valence-electron chi connectivity index (χ3n) is 3.52. The van der Waals surface area contributed by atoms with Gasteiger partial charge in [-0.2, -0.15) is 0 Å². The number of nitrogens with one attached hydrogen (secondary N) is 1. The first-order chi connectivity index (χ1) is 7.51. The number of amides is 1. The zero-order valence-corrected chi connectivity index (χ0v) is 9.36. The molecule has 0 bridgehead atoms. The molecule has 0 aromatic rings. The van der Waals surface area contributed by atoms with Gasteiger partial charge in [0, 0.05) is 12.6 Å². The Kier molecular flexibility index (Phi) is 2.88. The standard InChI is InChI=1S/C11H17NO4/c1-11(3-2-4-16-11)10(15)12-8-5-7(6-8)9(13)14/h7-8H,2-6H2,1H3,(H,12,15)(H,13,14). The van der Waals surface area contributed by atoms with Crippen LogP contribution in [-0.4, -0.2) is 35.2 Å². The first kappa shape index (κ1) is 11.4. The van der Waals surface area contributed by atoms with E-state index in [0.29, 0.717) is 19.4 Å². The topological polar surface area (TPSA) is 75.6 Å². The molecule has 1 atom stereocenters. The molecule has 0 radical (unpaired) electrons. The number of hydrogen-bond donors (Lipinski definition) is 2. The van der Waals surface area contributed by atoms with E-state index in [1.54, 1.807) is 6.92 Å². The Balaban J connectivity index is 1.79. The Morgan fingerprint density at radius 1 is 1.44 bits per heavy atom. The molecule has 5 nitrogen and oxygen atoms in total. The van der Waals surface area contributed by atoms with Crippen molar-refractivity contribution < 1.29 is 19.4 Å². The van der Waals surface area contributed by atoms with Crippen LogP contribution in [0.2, 0.25) is 0 Å². The molecule has 0 aromatic carbocycles. The number of carbonyl (C=O) groups is 2. The van der Waals surface area contributed by atoms with Crippen LogP contribution >= 0.6 is 0 Å². The van der Waals surface area contributed by atoms with Crippen molar-refractivity contribution >= 4 is 11.9 Å². The zero-order chi connectivity index (χ0) is 11.8. The van der Waals surface area contributed by atoms with Gasteiger partial charge in [-0.1, -0.05) is 0 Å². The van der Waals surface area contributed by atoms with E-state index in [1.807, 2.05) is 0 Å². The third kappa shape index (κ3) is 2.04. The Labute approximate surface area is 94.2 Å². The average molecular weight is 227 g/mol. The van der Waals surface area contributed by atoms with Gasteiger partial charge in [-0.15, -0.1) is 0 Å². The maximum absolute atomic E-state index is 11.9. The van der Waals surface area contributed by atoms with Gasteiger partial charge in [0.2, 0.25) is 0 Å². The first-order valence-corrected chi connectivity index (χ1v) is 5.69. The molecule has 2 fully saturated rings. The summed E-state index contributed by atoms with van der Waals surface area (Å²) in [4.78, 5) is 22.5. The molecule has 1 saturated heterocycles. The van der Waals surface area contributed by atoms with E-state index in [1.165, 1.54) is 0 Å². The molecular weight excluding hydrogens is 210 g/mol. The highest BCUT2D eigenvalue weighted by atomic mass is 16.5. The van der Waals surface area contributed by atoms with Crippen LogP contribution in [0.25, 0.3) is 0 Å². The van der Waals surface area contributed by atoms with E-state index < -0.39 is 11.6 Å². The van der Waals surface area contributed by atoms with Crippen LogP contribution in [0.4, 0.5) is 0 Å². The molecule has 2 aliphatic rings. The van der Waals surface area contributed by atoms with Gasteiger partial charge in [0.25, 0.3) is 5.91 Å². The number of rotatable bonds is 3. The number of ether oxygens (including phenoxy) is 1. The number of carbonyl (C=O) groups excluding carboxylic acids is 1. The molecule has 5 heteroatoms. The summed E-state index contributed by atoms with van der Waals surface area (Å²) in [7, 11) is 0. The lowest BCUT2D eigenvalue weighted by molar-refractivity contribution is -0.148. The zero-order valence-electron chi connectivity index (χ0n) is 9.36. The second kappa shape index (κ2) is 4.05. The predicted molar refractivity (Wildman–Crippen MR) is 55.9 cm³/mol. The predicted octanol–water partition coefficient (Wildman–Crippen LogP) is 0.535. The number of carboxylic acids is 1. The van der Waals surface area contributed by atoms with Crippen molar-refractivity contribution in [2.45, 2.75) is 44.2 Å². The van der Waals surface area contributed by atoms with Gasteiger partial charge in [-0.25, -0.2) is 0 Å². The summed E-state index contributed by atoms with van der Waals surface area (Å²) in [6, 6.07) is 0.00891. The van der Waals surface area contributed by atoms with Crippen molar-refractivity contribution in [1.29, 1.82) is 0 Å². The van der Waals surface area contributed by atoms with Crippen molar-refractivity contribution in [3.05, 3.63) is 0 Å². The average Bonchev–Trinajstić information content (AvgIpc) is 2.58. The van der Waals surface area contributed by atoms with Gasteiger partial charge in [-0.3, -0.25) is 9.59 Å². The molecule has 1 unspecified atom stereocenters. The maximum atomic E-state index is 11.9. The lowest BCUT2D eigenvalue weighted by Crippen LogP contribution is -2.53. The van der Waals surface area contributed by atoms with Crippen LogP contribution in [-0.2, 0) is 14.3 Å². The fraction of sp³-hybridized carbons (Fsp3) is 0.818. The van der Waals surface area contributed by atoms with Crippen LogP contribution < -0.4 is 5.32 Å². The Morgan fingerprint density at radius 3 is 2.62 bits per heavy atom. The summed E-state index contributed by atoms with van der Waals surface area (Å²) in [6.45, 7) is 2.43. The first-order valence-electron chi connectivity index (χ1n) is 5.69. The van der Waals surface area contributed by atoms with Gasteiger partial charge in [0.1, 0.15) is 5.60 Å². The molecule has 2 N–H and O–H groups in total. The highest BCUT2D eigenvalue weighted by Gasteiger charge is 2.42. The van der Waals surface area contributed by atoms with Crippen molar-refractivity contribution in [1.82, 2.24) is 5.32 Å². The molecule has 1 saturated carbocycles. The van der Waals surface area contributed by atoms with E-state index in [0.717, 1.165) is 12.8 Å². The van der Waals surface area contributed by atoms with Gasteiger partial charge >= 0.3 is 5.97 Å². The van der Waals surface area contributed by atoms with Gasteiger partial charge < -0.3 is 15.2 Å². The van der Waals surface area contributed by atoms with Crippen LogP contribution in [0.15, 0.2) is 0 Å². The summed E-state index contributed by atoms with van der Waals surface area (Å²) in [5, 5.41) is 11.6. The molecule has 2 rings (SSSR count). The summed E-state index contributed by atoms with van der Waals surface area (Å²) >= 11 is 0. The van der Waals surface area contributed by atoms with Gasteiger partial charge in [-0.05, 0) is 32.6 Å². The van der Waals surface area contributed by atoms with Crippen LogP contribution in [0.3, 0.4) is 0 Å². The molecular formula is C11H17NO4. The van der Waals surface area contributed by atoms with Crippen molar-refractivity contribution in [3.8, 4) is 0 Å². The number of aliphatic carboxylic acids is 1. The SMILES string of the molecule is CC1(C(=O)NC2CC(C(=O)O)C2)CCCO1. The Bertz CT molecular complexity index is 303. The lowest BCUT2D eigenvalue weighted by atomic mass is 9.80. The van der Waals surface area contributed by atoms with Crippen LogP contribution in [0.5, 0.6) is 0 Å². The fourth-order valence-corrected chi connectivity index (χ4v) is 2.23. The van der Waals surface area contributed by atoms with E-state index >= 15 is 0 Å². The lowest BCUT2D eigenvalue weighted by Gasteiger charge is -2.35. The van der Waals surface area contributed by atoms with Crippen LogP contribution in [0, 0.1) is 5.92 Å². The number of hydrogen-bond acceptors (Lipinski definition) is 3. The molecule has 1 aliphatic carbocycles. The smallest absolute Gasteiger partial charge is 0.306 e. The highest BCUT2D eigenvalue weighted by molar-refractivity contribution is 5.85. The minimum Gasteiger partial charge on any atom is -0.481 e. The quantitative estimate of drug-likeness (QED) is 0.737. The van der Waals surface area contributed by atoms with Crippen molar-refractivity contribution in [3.63, 3.8) is 0 Å². The van der Waals surface area contributed by atoms with E-state index in [4.69, 9.17) is 9.84 Å². The molecule has 0 spiro atoms. The second-order valence-electron chi connectivity index (χ2n) is 4.86. The maximum Gasteiger partial charge on any atom is 0.306 e. The normalized spacial score (nSPS) is 37.8. The summed E-state index contributed by atoms with van der Waals surface area (Å²) in [5.74, 6) is -1.16. The fourth-order valence-electron chi connectivity index (χ4n) is 2.23. The molecule has 1 heterocycles. The minimum absolute atomic E-state index is 0.00891. The Morgan fingerprint density at radius 2 is 2.12 bits per heavy atom. The summed E-state index contributed by atoms with van der Waals surface area (Å²) in [5.41, 5.74) is -0.700. The monoisotopic (exact) mass is 227 g/mol. The minimum atomic E-state index is -0.770. The second-order valence-corrected chi connectivity index (χ2v) is 4.86. The van der Waals surface area contributed by atoms with Crippen molar-refractivity contribution in [2.75, 3.05) is 6.61 Å². The van der Waals surface area contributed by atoms with Crippen LogP contribution in [0.1, 0.15) is 32.6 Å². The van der Waals surface area contributed by atoms with E-state index in [2.05, 4.69) is 5.32 Å². The van der Waals surface area contributed by atoms with Gasteiger partial charge in [0.15, 0.2) is 0 Å². The summed E-state index contributed by atoms with van der Waals surface area (Å²) < 4.78 is 5.42. The largest absolute Gasteiger partial charge is 0.481 e. The molecule has 1 aliphatic heterocycles. The third-order valence-corrected chi connectivity index (χ3v) is 3.52. The van der Waals surface area contributed by atoms with E-state index in [-0.39, 0.29) is 17.9 Å². The Hall–Kier alpha value is -1.10. The summed E-state index contributed by atoms with van der Waals surface area (Å²) in [6.07, 6.45) is 2.73.